The SMILES string of the molecule is CCCCS(=O)(=O)Nc1ccc2c(c1)CCCN2C. The molecule has 0 aromatic heterocycles. The number of fused-ring (bicyclic) bond motifs is 1. The van der Waals surface area contributed by atoms with Crippen LogP contribution in [-0.2, 0) is 16.4 Å². The van der Waals surface area contributed by atoms with E-state index < -0.39 is 10.0 Å². The molecule has 106 valence electrons. The van der Waals surface area contributed by atoms with Crippen molar-refractivity contribution in [3.05, 3.63) is 23.8 Å². The Labute approximate surface area is 115 Å². The zero-order chi connectivity index (χ0) is 13.9. The van der Waals surface area contributed by atoms with E-state index in [2.05, 4.69) is 16.7 Å². The van der Waals surface area contributed by atoms with Gasteiger partial charge in [0.25, 0.3) is 0 Å². The predicted octanol–water partition coefficient (Wildman–Crippen LogP) is 2.61. The predicted molar refractivity (Wildman–Crippen MR) is 80.4 cm³/mol. The number of benzene rings is 1. The monoisotopic (exact) mass is 282 g/mol. The van der Waals surface area contributed by atoms with E-state index in [4.69, 9.17) is 0 Å². The molecule has 1 heterocycles. The van der Waals surface area contributed by atoms with E-state index >= 15 is 0 Å². The van der Waals surface area contributed by atoms with Gasteiger partial charge in [0.2, 0.25) is 10.0 Å². The van der Waals surface area contributed by atoms with E-state index in [0.717, 1.165) is 25.8 Å². The molecule has 0 spiro atoms. The number of nitrogens with one attached hydrogen (secondary N) is 1. The highest BCUT2D eigenvalue weighted by Gasteiger charge is 2.15. The lowest BCUT2D eigenvalue weighted by Crippen LogP contribution is -2.25. The van der Waals surface area contributed by atoms with Gasteiger partial charge in [-0.25, -0.2) is 8.42 Å². The van der Waals surface area contributed by atoms with Gasteiger partial charge in [0.05, 0.1) is 5.75 Å². The average molecular weight is 282 g/mol. The van der Waals surface area contributed by atoms with E-state index in [1.807, 2.05) is 25.1 Å². The Balaban J connectivity index is 2.14. The van der Waals surface area contributed by atoms with Gasteiger partial charge >= 0.3 is 0 Å². The molecule has 4 nitrogen and oxygen atoms in total. The Hall–Kier alpha value is -1.23. The minimum absolute atomic E-state index is 0.195. The highest BCUT2D eigenvalue weighted by molar-refractivity contribution is 7.92. The summed E-state index contributed by atoms with van der Waals surface area (Å²) in [5.41, 5.74) is 3.12. The van der Waals surface area contributed by atoms with Gasteiger partial charge < -0.3 is 4.90 Å². The number of rotatable bonds is 5. The number of anilines is 2. The fourth-order valence-corrected chi connectivity index (χ4v) is 3.67. The fraction of sp³-hybridized carbons (Fsp3) is 0.571. The van der Waals surface area contributed by atoms with Crippen LogP contribution in [0.15, 0.2) is 18.2 Å². The summed E-state index contributed by atoms with van der Waals surface area (Å²) in [6, 6.07) is 5.82. The first-order valence-corrected chi connectivity index (χ1v) is 8.51. The normalized spacial score (nSPS) is 15.2. The minimum atomic E-state index is -3.20. The van der Waals surface area contributed by atoms with Crippen molar-refractivity contribution in [2.24, 2.45) is 0 Å². The molecule has 1 aliphatic heterocycles. The van der Waals surface area contributed by atoms with Gasteiger partial charge in [-0.05, 0) is 43.0 Å². The third-order valence-corrected chi connectivity index (χ3v) is 4.84. The van der Waals surface area contributed by atoms with Crippen molar-refractivity contribution in [3.63, 3.8) is 0 Å². The van der Waals surface area contributed by atoms with E-state index in [-0.39, 0.29) is 5.75 Å². The minimum Gasteiger partial charge on any atom is -0.374 e. The molecule has 2 rings (SSSR count). The van der Waals surface area contributed by atoms with Crippen molar-refractivity contribution in [3.8, 4) is 0 Å². The Morgan fingerprint density at radius 2 is 2.16 bits per heavy atom. The molecule has 0 radical (unpaired) electrons. The van der Waals surface area contributed by atoms with Gasteiger partial charge in [-0.15, -0.1) is 0 Å². The molecule has 1 N–H and O–H groups in total. The molecule has 1 aromatic rings. The summed E-state index contributed by atoms with van der Waals surface area (Å²) in [5.74, 6) is 0.195. The second-order valence-electron chi connectivity index (χ2n) is 5.14. The zero-order valence-electron chi connectivity index (χ0n) is 11.6. The Kier molecular flexibility index (Phi) is 4.34. The van der Waals surface area contributed by atoms with Gasteiger partial charge in [-0.1, -0.05) is 13.3 Å². The molecule has 5 heteroatoms. The van der Waals surface area contributed by atoms with Crippen LogP contribution in [-0.4, -0.2) is 27.8 Å². The summed E-state index contributed by atoms with van der Waals surface area (Å²) in [6.07, 6.45) is 3.72. The van der Waals surface area contributed by atoms with Crippen LogP contribution >= 0.6 is 0 Å². The van der Waals surface area contributed by atoms with E-state index in [1.165, 1.54) is 11.3 Å². The van der Waals surface area contributed by atoms with Crippen LogP contribution in [0.25, 0.3) is 0 Å². The summed E-state index contributed by atoms with van der Waals surface area (Å²) in [5, 5.41) is 0. The van der Waals surface area contributed by atoms with Crippen molar-refractivity contribution in [2.75, 3.05) is 29.0 Å². The highest BCUT2D eigenvalue weighted by Crippen LogP contribution is 2.28. The summed E-state index contributed by atoms with van der Waals surface area (Å²) in [6.45, 7) is 3.05. The van der Waals surface area contributed by atoms with Crippen LogP contribution in [0.1, 0.15) is 31.7 Å². The number of hydrogen-bond acceptors (Lipinski definition) is 3. The molecule has 1 aromatic carbocycles. The molecule has 0 unspecified atom stereocenters. The van der Waals surface area contributed by atoms with Gasteiger partial charge in [0, 0.05) is 25.0 Å². The molecule has 0 fully saturated rings. The molecule has 19 heavy (non-hydrogen) atoms. The van der Waals surface area contributed by atoms with Gasteiger partial charge in [0.1, 0.15) is 0 Å². The van der Waals surface area contributed by atoms with Crippen LogP contribution in [0.2, 0.25) is 0 Å². The lowest BCUT2D eigenvalue weighted by Gasteiger charge is -2.27. The van der Waals surface area contributed by atoms with Gasteiger partial charge in [-0.3, -0.25) is 4.72 Å². The van der Waals surface area contributed by atoms with Crippen molar-refractivity contribution in [2.45, 2.75) is 32.6 Å². The molecule has 0 atom stereocenters. The zero-order valence-corrected chi connectivity index (χ0v) is 12.5. The largest absolute Gasteiger partial charge is 0.374 e. The van der Waals surface area contributed by atoms with Crippen LogP contribution in [0.4, 0.5) is 11.4 Å². The molecule has 0 aliphatic carbocycles. The summed E-state index contributed by atoms with van der Waals surface area (Å²) < 4.78 is 26.4. The average Bonchev–Trinajstić information content (AvgIpc) is 2.36. The molecular formula is C14H22N2O2S. The maximum absolute atomic E-state index is 11.9. The number of sulfonamides is 1. The van der Waals surface area contributed by atoms with E-state index in [9.17, 15) is 8.42 Å². The highest BCUT2D eigenvalue weighted by atomic mass is 32.2. The standard InChI is InChI=1S/C14H22N2O2S/c1-3-4-10-19(17,18)15-13-7-8-14-12(11-13)6-5-9-16(14)2/h7-8,11,15H,3-6,9-10H2,1-2H3. The van der Waals surface area contributed by atoms with Crippen molar-refractivity contribution in [1.29, 1.82) is 0 Å². The summed E-state index contributed by atoms with van der Waals surface area (Å²) in [4.78, 5) is 2.22. The third-order valence-electron chi connectivity index (χ3n) is 3.47. The topological polar surface area (TPSA) is 49.4 Å². The molecule has 1 aliphatic rings. The summed E-state index contributed by atoms with van der Waals surface area (Å²) >= 11 is 0. The summed E-state index contributed by atoms with van der Waals surface area (Å²) in [7, 11) is -1.13. The van der Waals surface area contributed by atoms with Crippen LogP contribution < -0.4 is 9.62 Å². The number of hydrogen-bond donors (Lipinski definition) is 1. The Bertz CT molecular complexity index is 540. The van der Waals surface area contributed by atoms with Gasteiger partial charge in [0.15, 0.2) is 0 Å². The smallest absolute Gasteiger partial charge is 0.232 e. The van der Waals surface area contributed by atoms with Crippen LogP contribution in [0.5, 0.6) is 0 Å². The van der Waals surface area contributed by atoms with E-state index in [0.29, 0.717) is 12.1 Å². The first-order chi connectivity index (χ1) is 9.02. The number of nitrogens with zero attached hydrogens (tertiary/aromatic N) is 1. The van der Waals surface area contributed by atoms with E-state index in [1.54, 1.807) is 0 Å². The second-order valence-corrected chi connectivity index (χ2v) is 6.98. The molecule has 0 amide bonds. The maximum atomic E-state index is 11.9. The number of aryl methyl sites for hydroxylation is 1. The Morgan fingerprint density at radius 3 is 2.89 bits per heavy atom. The van der Waals surface area contributed by atoms with Crippen molar-refractivity contribution < 1.29 is 8.42 Å². The maximum Gasteiger partial charge on any atom is 0.232 e. The lowest BCUT2D eigenvalue weighted by molar-refractivity contribution is 0.598. The molecule has 0 saturated carbocycles. The van der Waals surface area contributed by atoms with Crippen LogP contribution in [0, 0.1) is 0 Å². The molecule has 0 bridgehead atoms. The number of unbranched alkanes of at least 4 members (excludes halogenated alkanes) is 1. The van der Waals surface area contributed by atoms with Crippen molar-refractivity contribution in [1.82, 2.24) is 0 Å². The molecule has 0 saturated heterocycles. The first-order valence-electron chi connectivity index (χ1n) is 6.86. The molecular weight excluding hydrogens is 260 g/mol. The van der Waals surface area contributed by atoms with Gasteiger partial charge in [-0.2, -0.15) is 0 Å². The first kappa shape index (κ1) is 14.2. The van der Waals surface area contributed by atoms with Crippen molar-refractivity contribution >= 4 is 21.4 Å². The fourth-order valence-electron chi connectivity index (χ4n) is 2.41. The second kappa shape index (κ2) is 5.82. The Morgan fingerprint density at radius 1 is 1.37 bits per heavy atom. The van der Waals surface area contributed by atoms with Crippen LogP contribution in [0.3, 0.4) is 0 Å². The quantitative estimate of drug-likeness (QED) is 0.903. The lowest BCUT2D eigenvalue weighted by atomic mass is 10.0. The third kappa shape index (κ3) is 3.62.